The molecule has 5 heteroatoms. The van der Waals surface area contributed by atoms with Gasteiger partial charge in [0.15, 0.2) is 0 Å². The molecule has 0 saturated heterocycles. The van der Waals surface area contributed by atoms with Gasteiger partial charge in [-0.15, -0.1) is 0 Å². The van der Waals surface area contributed by atoms with E-state index in [0.717, 1.165) is 0 Å². The minimum Gasteiger partial charge on any atom is -0.385 e. The number of halogens is 3. The highest BCUT2D eigenvalue weighted by molar-refractivity contribution is 9.18. The second-order valence-corrected chi connectivity index (χ2v) is 2.73. The largest absolute Gasteiger partial charge is 0.385 e. The third-order valence-electron chi connectivity index (χ3n) is 0.937. The van der Waals surface area contributed by atoms with Crippen molar-refractivity contribution < 1.29 is 8.78 Å². The summed E-state index contributed by atoms with van der Waals surface area (Å²) in [4.78, 5) is 0. The summed E-state index contributed by atoms with van der Waals surface area (Å²) in [6.07, 6.45) is -0.980. The minimum atomic E-state index is -2.36. The molecular formula is C6H9BrF2N2. The van der Waals surface area contributed by atoms with E-state index in [2.05, 4.69) is 21.2 Å². The Hall–Kier alpha value is -0.450. The molecule has 2 N–H and O–H groups in total. The van der Waals surface area contributed by atoms with Crippen LogP contribution in [0.25, 0.3) is 0 Å². The lowest BCUT2D eigenvalue weighted by molar-refractivity contribution is 0.150. The van der Waals surface area contributed by atoms with E-state index < -0.39 is 6.43 Å². The highest BCUT2D eigenvalue weighted by Gasteiger charge is 1.98. The van der Waals surface area contributed by atoms with Crippen LogP contribution in [-0.4, -0.2) is 17.6 Å². The molecule has 0 aromatic heterocycles. The van der Waals surface area contributed by atoms with E-state index >= 15 is 0 Å². The maximum atomic E-state index is 11.5. The van der Waals surface area contributed by atoms with Gasteiger partial charge in [0.2, 0.25) is 0 Å². The predicted octanol–water partition coefficient (Wildman–Crippen LogP) is 2.12. The maximum Gasteiger partial charge on any atom is 0.255 e. The number of allylic oxidation sites excluding steroid dienone is 1. The molecule has 0 aliphatic carbocycles. The number of hydrogen-bond acceptors (Lipinski definition) is 2. The number of alkyl halides is 2. The van der Waals surface area contributed by atoms with E-state index in [9.17, 15) is 8.78 Å². The Kier molecular flexibility index (Phi) is 5.02. The van der Waals surface area contributed by atoms with Crippen molar-refractivity contribution in [3.8, 4) is 0 Å². The zero-order chi connectivity index (χ0) is 8.85. The van der Waals surface area contributed by atoms with Crippen LogP contribution in [-0.2, 0) is 0 Å². The van der Waals surface area contributed by atoms with Crippen LogP contribution in [0, 0.1) is 5.41 Å². The molecule has 2 nitrogen and oxygen atoms in total. The summed E-state index contributed by atoms with van der Waals surface area (Å²) in [5.74, 6) is 0. The van der Waals surface area contributed by atoms with Gasteiger partial charge in [0, 0.05) is 6.20 Å². The van der Waals surface area contributed by atoms with Crippen molar-refractivity contribution in [3.63, 3.8) is 0 Å². The Labute approximate surface area is 72.3 Å². The lowest BCUT2D eigenvalue weighted by Crippen LogP contribution is -2.15. The molecule has 0 atom stereocenters. The predicted molar refractivity (Wildman–Crippen MR) is 44.4 cm³/mol. The maximum absolute atomic E-state index is 11.5. The highest BCUT2D eigenvalue weighted by atomic mass is 79.9. The third kappa shape index (κ3) is 5.97. The van der Waals surface area contributed by atoms with E-state index in [0.29, 0.717) is 5.57 Å². The first-order valence-electron chi connectivity index (χ1n) is 2.96. The van der Waals surface area contributed by atoms with Gasteiger partial charge < -0.3 is 5.32 Å². The molecule has 0 bridgehead atoms. The molecule has 0 aromatic rings. The molecule has 0 amide bonds. The molecule has 0 fully saturated rings. The Bertz CT molecular complexity index is 168. The number of rotatable bonds is 4. The van der Waals surface area contributed by atoms with Crippen molar-refractivity contribution in [1.82, 2.24) is 5.32 Å². The van der Waals surface area contributed by atoms with Crippen LogP contribution < -0.4 is 5.32 Å². The van der Waals surface area contributed by atoms with Gasteiger partial charge in [0.05, 0.1) is 6.54 Å². The molecule has 0 spiro atoms. The fraction of sp³-hybridized carbons (Fsp3) is 0.500. The zero-order valence-electron chi connectivity index (χ0n) is 6.00. The van der Waals surface area contributed by atoms with E-state index in [1.165, 1.54) is 6.20 Å². The summed E-state index contributed by atoms with van der Waals surface area (Å²) in [5, 5.41) is 9.39. The van der Waals surface area contributed by atoms with Gasteiger partial charge in [0.1, 0.15) is 4.62 Å². The molecule has 0 aliphatic heterocycles. The molecule has 0 aliphatic rings. The molecule has 0 heterocycles. The standard InChI is InChI=1S/C6H9BrF2N2/c1-4(6(7)10)2-11-3-5(8)9/h2,5,10-11H,3H2,1H3/b4-2-,10-6?. The van der Waals surface area contributed by atoms with Crippen molar-refractivity contribution in [2.24, 2.45) is 0 Å². The first-order chi connectivity index (χ1) is 5.04. The van der Waals surface area contributed by atoms with Crippen LogP contribution in [0.3, 0.4) is 0 Å². The lowest BCUT2D eigenvalue weighted by Gasteiger charge is -2.00. The van der Waals surface area contributed by atoms with Crippen molar-refractivity contribution in [1.29, 1.82) is 5.41 Å². The fourth-order valence-electron chi connectivity index (χ4n) is 0.364. The SMILES string of the molecule is C/C(=C/NCC(F)F)C(=N)Br. The molecular weight excluding hydrogens is 218 g/mol. The highest BCUT2D eigenvalue weighted by Crippen LogP contribution is 1.99. The van der Waals surface area contributed by atoms with Gasteiger partial charge >= 0.3 is 0 Å². The van der Waals surface area contributed by atoms with Gasteiger partial charge in [0.25, 0.3) is 6.43 Å². The van der Waals surface area contributed by atoms with Crippen LogP contribution in [0.5, 0.6) is 0 Å². The van der Waals surface area contributed by atoms with Crippen LogP contribution in [0.1, 0.15) is 6.92 Å². The Balaban J connectivity index is 3.65. The number of hydrogen-bond donors (Lipinski definition) is 2. The second-order valence-electron chi connectivity index (χ2n) is 1.94. The van der Waals surface area contributed by atoms with Gasteiger partial charge in [-0.3, -0.25) is 5.41 Å². The second kappa shape index (κ2) is 5.23. The summed E-state index contributed by atoms with van der Waals surface area (Å²) in [7, 11) is 0. The molecule has 0 saturated carbocycles. The van der Waals surface area contributed by atoms with Gasteiger partial charge in [-0.2, -0.15) is 0 Å². The van der Waals surface area contributed by atoms with Crippen molar-refractivity contribution in [2.45, 2.75) is 13.3 Å². The molecule has 0 radical (unpaired) electrons. The smallest absolute Gasteiger partial charge is 0.255 e. The third-order valence-corrected chi connectivity index (χ3v) is 1.56. The van der Waals surface area contributed by atoms with E-state index in [-0.39, 0.29) is 11.2 Å². The summed E-state index contributed by atoms with van der Waals surface area (Å²) < 4.78 is 23.3. The van der Waals surface area contributed by atoms with Crippen molar-refractivity contribution in [3.05, 3.63) is 11.8 Å². The lowest BCUT2D eigenvalue weighted by atomic mass is 10.4. The normalized spacial score (nSPS) is 11.9. The molecule has 64 valence electrons. The van der Waals surface area contributed by atoms with Crippen LogP contribution in [0.15, 0.2) is 11.8 Å². The molecule has 11 heavy (non-hydrogen) atoms. The quantitative estimate of drug-likeness (QED) is 0.709. The zero-order valence-corrected chi connectivity index (χ0v) is 7.58. The first-order valence-corrected chi connectivity index (χ1v) is 3.76. The Morgan fingerprint density at radius 3 is 2.64 bits per heavy atom. The molecule has 0 aromatic carbocycles. The summed E-state index contributed by atoms with van der Waals surface area (Å²) >= 11 is 2.89. The topological polar surface area (TPSA) is 35.9 Å². The van der Waals surface area contributed by atoms with Gasteiger partial charge in [-0.25, -0.2) is 8.78 Å². The van der Waals surface area contributed by atoms with E-state index in [1.54, 1.807) is 6.92 Å². The fourth-order valence-corrected chi connectivity index (χ4v) is 0.479. The van der Waals surface area contributed by atoms with Crippen molar-refractivity contribution >= 4 is 20.6 Å². The van der Waals surface area contributed by atoms with Gasteiger partial charge in [-0.05, 0) is 28.4 Å². The van der Waals surface area contributed by atoms with Gasteiger partial charge in [-0.1, -0.05) is 0 Å². The summed E-state index contributed by atoms with van der Waals surface area (Å²) in [6.45, 7) is 1.27. The minimum absolute atomic E-state index is 0.194. The molecule has 0 unspecified atom stereocenters. The average molecular weight is 227 g/mol. The summed E-state index contributed by atoms with van der Waals surface area (Å²) in [5.41, 5.74) is 0.589. The van der Waals surface area contributed by atoms with E-state index in [1.807, 2.05) is 0 Å². The first kappa shape index (κ1) is 10.6. The monoisotopic (exact) mass is 226 g/mol. The van der Waals surface area contributed by atoms with Crippen LogP contribution >= 0.6 is 15.9 Å². The van der Waals surface area contributed by atoms with Crippen molar-refractivity contribution in [2.75, 3.05) is 6.54 Å². The summed E-state index contributed by atoms with van der Waals surface area (Å²) in [6, 6.07) is 0. The average Bonchev–Trinajstić information content (AvgIpc) is 1.86. The Morgan fingerprint density at radius 1 is 1.73 bits per heavy atom. The molecule has 0 rings (SSSR count). The number of nitrogens with one attached hydrogen (secondary N) is 2. The van der Waals surface area contributed by atoms with E-state index in [4.69, 9.17) is 5.41 Å². The van der Waals surface area contributed by atoms with Crippen LogP contribution in [0.2, 0.25) is 0 Å². The van der Waals surface area contributed by atoms with Crippen LogP contribution in [0.4, 0.5) is 8.78 Å². The Morgan fingerprint density at radius 2 is 2.27 bits per heavy atom.